The molecule has 0 saturated heterocycles. The van der Waals surface area contributed by atoms with E-state index in [2.05, 4.69) is 10.3 Å². The molecular formula is C19H17N3O4S. The summed E-state index contributed by atoms with van der Waals surface area (Å²) in [5.74, 6) is -0.199. The molecule has 1 aliphatic heterocycles. The molecular weight excluding hydrogens is 366 g/mol. The van der Waals surface area contributed by atoms with Crippen LogP contribution in [0.4, 0.5) is 5.69 Å². The van der Waals surface area contributed by atoms with Gasteiger partial charge in [-0.15, -0.1) is 11.8 Å². The summed E-state index contributed by atoms with van der Waals surface area (Å²) >= 11 is 1.39. The van der Waals surface area contributed by atoms with Crippen molar-refractivity contribution >= 4 is 40.9 Å². The molecule has 1 unspecified atom stereocenters. The normalized spacial score (nSPS) is 18.4. The van der Waals surface area contributed by atoms with Gasteiger partial charge >= 0.3 is 0 Å². The van der Waals surface area contributed by atoms with Crippen molar-refractivity contribution in [3.05, 3.63) is 66.2 Å². The van der Waals surface area contributed by atoms with Crippen molar-refractivity contribution in [2.45, 2.75) is 5.72 Å². The maximum absolute atomic E-state index is 13.0. The van der Waals surface area contributed by atoms with Gasteiger partial charge in [-0.05, 0) is 29.8 Å². The number of amides is 2. The van der Waals surface area contributed by atoms with Gasteiger partial charge in [-0.3, -0.25) is 14.8 Å². The first-order valence-electron chi connectivity index (χ1n) is 8.05. The molecule has 0 spiro atoms. The van der Waals surface area contributed by atoms with Crippen molar-refractivity contribution in [1.29, 1.82) is 0 Å². The summed E-state index contributed by atoms with van der Waals surface area (Å²) in [5.41, 5.74) is 2.84. The zero-order valence-corrected chi connectivity index (χ0v) is 15.0. The van der Waals surface area contributed by atoms with Crippen LogP contribution in [0.2, 0.25) is 0 Å². The average molecular weight is 383 g/mol. The highest BCUT2D eigenvalue weighted by molar-refractivity contribution is 8.12. The van der Waals surface area contributed by atoms with E-state index in [-0.39, 0.29) is 0 Å². The maximum Gasteiger partial charge on any atom is 0.293 e. The molecule has 0 aliphatic carbocycles. The smallest absolute Gasteiger partial charge is 0.293 e. The van der Waals surface area contributed by atoms with Gasteiger partial charge < -0.3 is 10.1 Å². The fourth-order valence-corrected chi connectivity index (χ4v) is 3.21. The third-order valence-corrected chi connectivity index (χ3v) is 4.55. The summed E-state index contributed by atoms with van der Waals surface area (Å²) in [6.45, 7) is 0. The number of carbonyl (C=O) groups excluding carboxylic acids is 2. The minimum Gasteiger partial charge on any atom is -0.456 e. The molecule has 1 atom stereocenters. The Morgan fingerprint density at radius 2 is 1.89 bits per heavy atom. The van der Waals surface area contributed by atoms with Crippen LogP contribution in [0.5, 0.6) is 5.75 Å². The second-order valence-electron chi connectivity index (χ2n) is 5.60. The second-order valence-corrected chi connectivity index (χ2v) is 6.43. The van der Waals surface area contributed by atoms with Crippen molar-refractivity contribution in [2.75, 3.05) is 11.1 Å². The number of benzene rings is 2. The number of nitrogens with zero attached hydrogens (tertiary/aromatic N) is 1. The molecule has 2 amide bonds. The fraction of sp³-hybridized carbons (Fsp3) is 0.105. The third-order valence-electron chi connectivity index (χ3n) is 3.73. The summed E-state index contributed by atoms with van der Waals surface area (Å²) in [7, 11) is 0. The average Bonchev–Trinajstić information content (AvgIpc) is 3.17. The van der Waals surface area contributed by atoms with Gasteiger partial charge in [-0.1, -0.05) is 36.4 Å². The lowest BCUT2D eigenvalue weighted by Crippen LogP contribution is -2.47. The molecule has 0 fully saturated rings. The molecule has 2 aromatic carbocycles. The highest BCUT2D eigenvalue weighted by Crippen LogP contribution is 2.30. The van der Waals surface area contributed by atoms with Crippen molar-refractivity contribution in [2.24, 2.45) is 4.99 Å². The van der Waals surface area contributed by atoms with Gasteiger partial charge in [0.25, 0.3) is 17.5 Å². The van der Waals surface area contributed by atoms with E-state index >= 15 is 0 Å². The minimum atomic E-state index is -1.37. The molecule has 0 aromatic heterocycles. The number of hydroxylamine groups is 1. The Labute approximate surface area is 160 Å². The topological polar surface area (TPSA) is 100 Å². The molecule has 3 N–H and O–H groups in total. The number of carbonyl (C=O) groups is 2. The number of hydrogen-bond donors (Lipinski definition) is 3. The van der Waals surface area contributed by atoms with Crippen molar-refractivity contribution in [3.63, 3.8) is 0 Å². The van der Waals surface area contributed by atoms with E-state index in [0.29, 0.717) is 22.8 Å². The molecule has 0 bridgehead atoms. The number of rotatable bonds is 6. The molecule has 7 nitrogen and oxygen atoms in total. The number of ether oxygens (including phenoxy) is 1. The molecule has 27 heavy (non-hydrogen) atoms. The SMILES string of the molecule is O=C(/C=C/c1ccccc1NC(=O)C1(Oc2ccccc2)CSC=N1)NO. The van der Waals surface area contributed by atoms with E-state index in [1.165, 1.54) is 23.3 Å². The summed E-state index contributed by atoms with van der Waals surface area (Å²) in [6, 6.07) is 16.0. The Morgan fingerprint density at radius 1 is 1.15 bits per heavy atom. The fourth-order valence-electron chi connectivity index (χ4n) is 2.40. The number of para-hydroxylation sites is 2. The lowest BCUT2D eigenvalue weighted by molar-refractivity contribution is -0.128. The van der Waals surface area contributed by atoms with Gasteiger partial charge in [0, 0.05) is 11.8 Å². The first kappa shape index (κ1) is 18.7. The van der Waals surface area contributed by atoms with Crippen LogP contribution in [0.25, 0.3) is 6.08 Å². The van der Waals surface area contributed by atoms with E-state index in [1.54, 1.807) is 41.9 Å². The van der Waals surface area contributed by atoms with Gasteiger partial charge in [0.1, 0.15) is 5.75 Å². The highest BCUT2D eigenvalue weighted by atomic mass is 32.2. The Hall–Kier alpha value is -3.10. The largest absolute Gasteiger partial charge is 0.456 e. The van der Waals surface area contributed by atoms with Gasteiger partial charge in [-0.25, -0.2) is 10.5 Å². The molecule has 3 rings (SSSR count). The van der Waals surface area contributed by atoms with Crippen LogP contribution in [0.1, 0.15) is 5.56 Å². The molecule has 0 saturated carbocycles. The summed E-state index contributed by atoms with van der Waals surface area (Å²) in [6.07, 6.45) is 2.64. The number of thioether (sulfide) groups is 1. The Morgan fingerprint density at radius 3 is 2.59 bits per heavy atom. The van der Waals surface area contributed by atoms with E-state index in [4.69, 9.17) is 9.94 Å². The zero-order chi connectivity index (χ0) is 19.1. The van der Waals surface area contributed by atoms with Crippen molar-refractivity contribution in [1.82, 2.24) is 5.48 Å². The van der Waals surface area contributed by atoms with E-state index in [9.17, 15) is 9.59 Å². The number of nitrogens with one attached hydrogen (secondary N) is 2. The standard InChI is InChI=1S/C19H17N3O4S/c23-17(22-25)11-10-14-6-4-5-9-16(14)21-18(24)19(12-27-13-20-19)26-15-7-2-1-3-8-15/h1-11,13,25H,12H2,(H,21,24)(H,22,23)/b11-10+. The second kappa shape index (κ2) is 8.52. The van der Waals surface area contributed by atoms with Crippen LogP contribution in [0.3, 0.4) is 0 Å². The lowest BCUT2D eigenvalue weighted by atomic mass is 10.1. The van der Waals surface area contributed by atoms with Crippen LogP contribution < -0.4 is 15.5 Å². The summed E-state index contributed by atoms with van der Waals surface area (Å²) < 4.78 is 5.91. The Bertz CT molecular complexity index is 886. The van der Waals surface area contributed by atoms with Crippen LogP contribution >= 0.6 is 11.8 Å². The molecule has 8 heteroatoms. The molecule has 2 aromatic rings. The van der Waals surface area contributed by atoms with E-state index in [1.807, 2.05) is 18.2 Å². The number of anilines is 1. The lowest BCUT2D eigenvalue weighted by Gasteiger charge is -2.26. The predicted octanol–water partition coefficient (Wildman–Crippen LogP) is 2.69. The molecule has 138 valence electrons. The van der Waals surface area contributed by atoms with Crippen molar-refractivity contribution < 1.29 is 19.5 Å². The van der Waals surface area contributed by atoms with E-state index in [0.717, 1.165) is 6.08 Å². The minimum absolute atomic E-state index is 0.346. The predicted molar refractivity (Wildman–Crippen MR) is 105 cm³/mol. The summed E-state index contributed by atoms with van der Waals surface area (Å²) in [5, 5.41) is 11.4. The summed E-state index contributed by atoms with van der Waals surface area (Å²) in [4.78, 5) is 28.5. The monoisotopic (exact) mass is 383 g/mol. The van der Waals surface area contributed by atoms with Crippen LogP contribution in [-0.4, -0.2) is 34.0 Å². The first-order valence-corrected chi connectivity index (χ1v) is 9.10. The zero-order valence-electron chi connectivity index (χ0n) is 14.2. The van der Waals surface area contributed by atoms with Crippen LogP contribution in [0.15, 0.2) is 65.7 Å². The molecule has 1 aliphatic rings. The van der Waals surface area contributed by atoms with E-state index < -0.39 is 17.5 Å². The van der Waals surface area contributed by atoms with Gasteiger partial charge in [0.2, 0.25) is 0 Å². The highest BCUT2D eigenvalue weighted by Gasteiger charge is 2.43. The van der Waals surface area contributed by atoms with Crippen molar-refractivity contribution in [3.8, 4) is 5.75 Å². The quantitative estimate of drug-likeness (QED) is 0.405. The third kappa shape index (κ3) is 4.55. The van der Waals surface area contributed by atoms with Crippen LogP contribution in [-0.2, 0) is 9.59 Å². The number of aliphatic imine (C=N–C) groups is 1. The van der Waals surface area contributed by atoms with Gasteiger partial charge in [0.15, 0.2) is 0 Å². The van der Waals surface area contributed by atoms with Gasteiger partial charge in [-0.2, -0.15) is 0 Å². The van der Waals surface area contributed by atoms with Crippen LogP contribution in [0, 0.1) is 0 Å². The Kier molecular flexibility index (Phi) is 5.90. The number of hydrogen-bond acceptors (Lipinski definition) is 6. The van der Waals surface area contributed by atoms with Gasteiger partial charge in [0.05, 0.1) is 11.3 Å². The Balaban J connectivity index is 1.82. The molecule has 1 heterocycles. The molecule has 0 radical (unpaired) electrons. The maximum atomic E-state index is 13.0. The first-order chi connectivity index (χ1) is 13.1.